The van der Waals surface area contributed by atoms with Crippen molar-refractivity contribution in [1.82, 2.24) is 0 Å². The van der Waals surface area contributed by atoms with E-state index in [9.17, 15) is 4.79 Å². The maximum atomic E-state index is 11.7. The molecule has 0 saturated carbocycles. The molecule has 0 heterocycles. The third-order valence-corrected chi connectivity index (χ3v) is 2.97. The molecule has 0 radical (unpaired) electrons. The zero-order valence-electron chi connectivity index (χ0n) is 10.0. The van der Waals surface area contributed by atoms with Gasteiger partial charge >= 0.3 is 5.97 Å². The van der Waals surface area contributed by atoms with Gasteiger partial charge in [0, 0.05) is 0 Å². The lowest BCUT2D eigenvalue weighted by molar-refractivity contribution is -0.146. The van der Waals surface area contributed by atoms with Crippen molar-refractivity contribution in [3.8, 4) is 0 Å². The van der Waals surface area contributed by atoms with Crippen LogP contribution in [0, 0.1) is 13.8 Å². The van der Waals surface area contributed by atoms with Gasteiger partial charge < -0.3 is 4.74 Å². The number of esters is 1. The van der Waals surface area contributed by atoms with Crippen LogP contribution in [0.2, 0.25) is 0 Å². The van der Waals surface area contributed by atoms with Crippen molar-refractivity contribution in [3.63, 3.8) is 0 Å². The van der Waals surface area contributed by atoms with Gasteiger partial charge in [-0.25, -0.2) is 0 Å². The number of carbonyl (C=O) groups excluding carboxylic acids is 1. The monoisotopic (exact) mass is 206 g/mol. The number of aryl methyl sites for hydroxylation is 1. The number of carbonyl (C=O) groups is 1. The molecule has 0 fully saturated rings. The minimum atomic E-state index is -0.579. The van der Waals surface area contributed by atoms with Gasteiger partial charge in [-0.3, -0.25) is 4.79 Å². The molecule has 0 aromatic heterocycles. The van der Waals surface area contributed by atoms with Gasteiger partial charge in [-0.15, -0.1) is 0 Å². The van der Waals surface area contributed by atoms with Crippen molar-refractivity contribution in [3.05, 3.63) is 34.9 Å². The molecule has 0 N–H and O–H groups in total. The van der Waals surface area contributed by atoms with Crippen molar-refractivity contribution >= 4 is 5.97 Å². The zero-order valence-corrected chi connectivity index (χ0v) is 10.0. The van der Waals surface area contributed by atoms with Gasteiger partial charge in [-0.05, 0) is 44.4 Å². The van der Waals surface area contributed by atoms with E-state index >= 15 is 0 Å². The van der Waals surface area contributed by atoms with Crippen molar-refractivity contribution in [2.75, 3.05) is 7.11 Å². The zero-order chi connectivity index (χ0) is 11.6. The van der Waals surface area contributed by atoms with Crippen LogP contribution >= 0.6 is 0 Å². The standard InChI is InChI=1S/C13H18O2/c1-9-7-6-8-11(10(9)2)13(3,4)12(14)15-5/h6-8H,1-5H3. The molecule has 82 valence electrons. The summed E-state index contributed by atoms with van der Waals surface area (Å²) in [7, 11) is 1.43. The van der Waals surface area contributed by atoms with Crippen molar-refractivity contribution in [2.24, 2.45) is 0 Å². The average Bonchev–Trinajstić information content (AvgIpc) is 2.20. The van der Waals surface area contributed by atoms with E-state index in [2.05, 4.69) is 0 Å². The van der Waals surface area contributed by atoms with E-state index in [-0.39, 0.29) is 5.97 Å². The summed E-state index contributed by atoms with van der Waals surface area (Å²) in [5, 5.41) is 0. The Morgan fingerprint density at radius 2 is 1.87 bits per heavy atom. The number of hydrogen-bond acceptors (Lipinski definition) is 2. The molecule has 1 aromatic carbocycles. The van der Waals surface area contributed by atoms with Gasteiger partial charge in [0.05, 0.1) is 12.5 Å². The number of ether oxygens (including phenoxy) is 1. The van der Waals surface area contributed by atoms with E-state index < -0.39 is 5.41 Å². The molecular formula is C13H18O2. The second-order valence-corrected chi connectivity index (χ2v) is 4.36. The van der Waals surface area contributed by atoms with Crippen LogP contribution in [0.15, 0.2) is 18.2 Å². The predicted octanol–water partition coefficient (Wildman–Crippen LogP) is 2.75. The van der Waals surface area contributed by atoms with E-state index in [1.54, 1.807) is 0 Å². The number of benzene rings is 1. The Bertz CT molecular complexity index is 378. The van der Waals surface area contributed by atoms with Crippen LogP contribution in [0.25, 0.3) is 0 Å². The van der Waals surface area contributed by atoms with Crippen LogP contribution in [-0.4, -0.2) is 13.1 Å². The lowest BCUT2D eigenvalue weighted by Crippen LogP contribution is -2.31. The van der Waals surface area contributed by atoms with Crippen molar-refractivity contribution in [2.45, 2.75) is 33.1 Å². The Hall–Kier alpha value is -1.31. The van der Waals surface area contributed by atoms with Gasteiger partial charge in [0.1, 0.15) is 0 Å². The average molecular weight is 206 g/mol. The first-order valence-electron chi connectivity index (χ1n) is 5.06. The molecule has 0 saturated heterocycles. The molecule has 0 aliphatic heterocycles. The van der Waals surface area contributed by atoms with Crippen LogP contribution in [-0.2, 0) is 14.9 Å². The molecule has 15 heavy (non-hydrogen) atoms. The fourth-order valence-electron chi connectivity index (χ4n) is 1.79. The SMILES string of the molecule is COC(=O)C(C)(C)c1cccc(C)c1C. The molecule has 0 amide bonds. The minimum Gasteiger partial charge on any atom is -0.468 e. The summed E-state index contributed by atoms with van der Waals surface area (Å²) in [6.45, 7) is 7.86. The van der Waals surface area contributed by atoms with E-state index in [0.29, 0.717) is 0 Å². The number of rotatable bonds is 2. The maximum absolute atomic E-state index is 11.7. The molecule has 0 atom stereocenters. The minimum absolute atomic E-state index is 0.198. The van der Waals surface area contributed by atoms with Gasteiger partial charge in [0.25, 0.3) is 0 Å². The van der Waals surface area contributed by atoms with Crippen LogP contribution in [0.1, 0.15) is 30.5 Å². The van der Waals surface area contributed by atoms with E-state index in [4.69, 9.17) is 4.74 Å². The topological polar surface area (TPSA) is 26.3 Å². The molecule has 0 bridgehead atoms. The predicted molar refractivity (Wildman–Crippen MR) is 61.0 cm³/mol. The highest BCUT2D eigenvalue weighted by Gasteiger charge is 2.32. The smallest absolute Gasteiger partial charge is 0.315 e. The first-order valence-corrected chi connectivity index (χ1v) is 5.06. The third-order valence-electron chi connectivity index (χ3n) is 2.97. The second kappa shape index (κ2) is 4.05. The highest BCUT2D eigenvalue weighted by Crippen LogP contribution is 2.28. The molecule has 1 rings (SSSR count). The summed E-state index contributed by atoms with van der Waals surface area (Å²) in [6, 6.07) is 6.01. The molecule has 2 heteroatoms. The highest BCUT2D eigenvalue weighted by molar-refractivity contribution is 5.82. The van der Waals surface area contributed by atoms with E-state index in [0.717, 1.165) is 11.1 Å². The van der Waals surface area contributed by atoms with Crippen molar-refractivity contribution < 1.29 is 9.53 Å². The first kappa shape index (κ1) is 11.8. The Kier molecular flexibility index (Phi) is 3.18. The van der Waals surface area contributed by atoms with E-state index in [1.807, 2.05) is 45.9 Å². The van der Waals surface area contributed by atoms with Gasteiger partial charge in [0.15, 0.2) is 0 Å². The lowest BCUT2D eigenvalue weighted by atomic mass is 9.81. The van der Waals surface area contributed by atoms with Gasteiger partial charge in [0.2, 0.25) is 0 Å². The van der Waals surface area contributed by atoms with Gasteiger partial charge in [-0.2, -0.15) is 0 Å². The normalized spacial score (nSPS) is 11.3. The maximum Gasteiger partial charge on any atom is 0.315 e. The Morgan fingerprint density at radius 1 is 1.27 bits per heavy atom. The number of methoxy groups -OCH3 is 1. The molecule has 0 spiro atoms. The quantitative estimate of drug-likeness (QED) is 0.695. The molecule has 2 nitrogen and oxygen atoms in total. The first-order chi connectivity index (χ1) is 6.91. The Labute approximate surface area is 91.3 Å². The molecular weight excluding hydrogens is 188 g/mol. The second-order valence-electron chi connectivity index (χ2n) is 4.36. The summed E-state index contributed by atoms with van der Waals surface area (Å²) in [5.41, 5.74) is 2.82. The lowest BCUT2D eigenvalue weighted by Gasteiger charge is -2.24. The molecule has 0 aliphatic rings. The highest BCUT2D eigenvalue weighted by atomic mass is 16.5. The molecule has 1 aromatic rings. The Morgan fingerprint density at radius 3 is 2.40 bits per heavy atom. The summed E-state index contributed by atoms with van der Waals surface area (Å²) >= 11 is 0. The number of hydrogen-bond donors (Lipinski definition) is 0. The summed E-state index contributed by atoms with van der Waals surface area (Å²) in [4.78, 5) is 11.7. The van der Waals surface area contributed by atoms with Crippen LogP contribution in [0.5, 0.6) is 0 Å². The summed E-state index contributed by atoms with van der Waals surface area (Å²) in [6.07, 6.45) is 0. The third kappa shape index (κ3) is 2.04. The van der Waals surface area contributed by atoms with Crippen LogP contribution in [0.4, 0.5) is 0 Å². The Balaban J connectivity index is 3.27. The van der Waals surface area contributed by atoms with Crippen LogP contribution < -0.4 is 0 Å². The molecule has 0 aliphatic carbocycles. The summed E-state index contributed by atoms with van der Waals surface area (Å²) < 4.78 is 4.83. The van der Waals surface area contributed by atoms with Crippen molar-refractivity contribution in [1.29, 1.82) is 0 Å². The molecule has 0 unspecified atom stereocenters. The largest absolute Gasteiger partial charge is 0.468 e. The fourth-order valence-corrected chi connectivity index (χ4v) is 1.79. The summed E-state index contributed by atoms with van der Waals surface area (Å²) in [5.74, 6) is -0.198. The fraction of sp³-hybridized carbons (Fsp3) is 0.462. The van der Waals surface area contributed by atoms with Crippen LogP contribution in [0.3, 0.4) is 0 Å². The van der Waals surface area contributed by atoms with E-state index in [1.165, 1.54) is 12.7 Å². The van der Waals surface area contributed by atoms with Gasteiger partial charge in [-0.1, -0.05) is 18.2 Å².